The fourth-order valence-electron chi connectivity index (χ4n) is 2.18. The van der Waals surface area contributed by atoms with Crippen LogP contribution in [-0.2, 0) is 12.6 Å². The van der Waals surface area contributed by atoms with Gasteiger partial charge in [-0.25, -0.2) is 0 Å². The summed E-state index contributed by atoms with van der Waals surface area (Å²) in [5.41, 5.74) is 0.136. The Morgan fingerprint density at radius 3 is 2.47 bits per heavy atom. The van der Waals surface area contributed by atoms with E-state index in [4.69, 9.17) is 0 Å². The molecule has 0 radical (unpaired) electrons. The molecule has 1 N–H and O–H groups in total. The van der Waals surface area contributed by atoms with Crippen LogP contribution in [0.5, 0.6) is 0 Å². The molecule has 1 aromatic carbocycles. The van der Waals surface area contributed by atoms with Crippen LogP contribution in [0, 0.1) is 0 Å². The van der Waals surface area contributed by atoms with Gasteiger partial charge >= 0.3 is 6.18 Å². The van der Waals surface area contributed by atoms with Crippen LogP contribution in [0.25, 0.3) is 0 Å². The minimum atomic E-state index is -4.28. The Labute approximate surface area is 119 Å². The van der Waals surface area contributed by atoms with Gasteiger partial charge in [0.05, 0.1) is 5.56 Å². The van der Waals surface area contributed by atoms with Gasteiger partial charge in [0.2, 0.25) is 0 Å². The molecule has 1 aliphatic heterocycles. The van der Waals surface area contributed by atoms with Crippen molar-refractivity contribution in [2.45, 2.75) is 12.6 Å². The van der Waals surface area contributed by atoms with Crippen molar-refractivity contribution in [1.82, 2.24) is 10.2 Å². The minimum absolute atomic E-state index is 0.484. The lowest BCUT2D eigenvalue weighted by Crippen LogP contribution is -2.44. The molecule has 0 bridgehead atoms. The summed E-state index contributed by atoms with van der Waals surface area (Å²) < 4.78 is 38.6. The fraction of sp³-hybridized carbons (Fsp3) is 0.538. The Hall–Kier alpha value is -0.590. The highest BCUT2D eigenvalue weighted by atomic mass is 79.9. The second-order valence-corrected chi connectivity index (χ2v) is 5.60. The van der Waals surface area contributed by atoms with Crippen LogP contribution in [0.1, 0.15) is 11.1 Å². The normalized spacial score (nSPS) is 17.7. The maximum absolute atomic E-state index is 12.7. The average molecular weight is 337 g/mol. The molecule has 1 heterocycles. The standard InChI is InChI=1S/C13H16BrF3N2/c14-12-8-10(7-11(9-12)13(15,16)17)1-4-19-5-2-18-3-6-19/h7-9,18H,1-6H2. The summed E-state index contributed by atoms with van der Waals surface area (Å²) in [5, 5.41) is 3.25. The van der Waals surface area contributed by atoms with Crippen molar-refractivity contribution in [1.29, 1.82) is 0 Å². The van der Waals surface area contributed by atoms with Crippen molar-refractivity contribution < 1.29 is 13.2 Å². The van der Waals surface area contributed by atoms with Crippen LogP contribution in [0.4, 0.5) is 13.2 Å². The third kappa shape index (κ3) is 4.47. The summed E-state index contributed by atoms with van der Waals surface area (Å²) in [6.45, 7) is 4.62. The Morgan fingerprint density at radius 1 is 1.16 bits per heavy atom. The molecule has 2 rings (SSSR count). The summed E-state index contributed by atoms with van der Waals surface area (Å²) in [7, 11) is 0. The number of benzene rings is 1. The van der Waals surface area contributed by atoms with Crippen LogP contribution >= 0.6 is 15.9 Å². The molecule has 106 valence electrons. The van der Waals surface area contributed by atoms with Crippen molar-refractivity contribution in [3.63, 3.8) is 0 Å². The lowest BCUT2D eigenvalue weighted by atomic mass is 10.1. The van der Waals surface area contributed by atoms with E-state index in [-0.39, 0.29) is 0 Å². The van der Waals surface area contributed by atoms with Crippen LogP contribution in [0.2, 0.25) is 0 Å². The molecular weight excluding hydrogens is 321 g/mol. The van der Waals surface area contributed by atoms with Gasteiger partial charge in [-0.3, -0.25) is 0 Å². The van der Waals surface area contributed by atoms with Crippen molar-refractivity contribution in [3.8, 4) is 0 Å². The minimum Gasteiger partial charge on any atom is -0.314 e. The Balaban J connectivity index is 2.01. The van der Waals surface area contributed by atoms with E-state index in [0.717, 1.165) is 44.4 Å². The van der Waals surface area contributed by atoms with E-state index in [1.807, 2.05) is 0 Å². The highest BCUT2D eigenvalue weighted by molar-refractivity contribution is 9.10. The maximum atomic E-state index is 12.7. The molecule has 6 heteroatoms. The summed E-state index contributed by atoms with van der Waals surface area (Å²) >= 11 is 3.15. The van der Waals surface area contributed by atoms with Crippen molar-refractivity contribution in [2.75, 3.05) is 32.7 Å². The van der Waals surface area contributed by atoms with Gasteiger partial charge < -0.3 is 10.2 Å². The average Bonchev–Trinajstić information content (AvgIpc) is 2.36. The van der Waals surface area contributed by atoms with Crippen LogP contribution in [0.15, 0.2) is 22.7 Å². The topological polar surface area (TPSA) is 15.3 Å². The largest absolute Gasteiger partial charge is 0.416 e. The number of hydrogen-bond acceptors (Lipinski definition) is 2. The van der Waals surface area contributed by atoms with Crippen molar-refractivity contribution >= 4 is 15.9 Å². The van der Waals surface area contributed by atoms with E-state index in [0.29, 0.717) is 10.9 Å². The third-order valence-electron chi connectivity index (χ3n) is 3.21. The molecular formula is C13H16BrF3N2. The highest BCUT2D eigenvalue weighted by Crippen LogP contribution is 2.32. The molecule has 0 spiro atoms. The maximum Gasteiger partial charge on any atom is 0.416 e. The number of halogens is 4. The zero-order valence-corrected chi connectivity index (χ0v) is 12.0. The van der Waals surface area contributed by atoms with E-state index in [2.05, 4.69) is 26.1 Å². The van der Waals surface area contributed by atoms with E-state index < -0.39 is 11.7 Å². The first kappa shape index (κ1) is 14.8. The van der Waals surface area contributed by atoms with E-state index in [1.54, 1.807) is 6.07 Å². The number of nitrogens with one attached hydrogen (secondary N) is 1. The summed E-state index contributed by atoms with van der Waals surface area (Å²) in [4.78, 5) is 2.27. The summed E-state index contributed by atoms with van der Waals surface area (Å²) in [5.74, 6) is 0. The first-order valence-corrected chi connectivity index (χ1v) is 7.04. The Kier molecular flexibility index (Phi) is 4.86. The highest BCUT2D eigenvalue weighted by Gasteiger charge is 2.31. The Morgan fingerprint density at radius 2 is 1.84 bits per heavy atom. The van der Waals surface area contributed by atoms with Crippen LogP contribution in [0.3, 0.4) is 0 Å². The van der Waals surface area contributed by atoms with Gasteiger partial charge in [0.25, 0.3) is 0 Å². The first-order chi connectivity index (χ1) is 8.95. The number of rotatable bonds is 3. The van der Waals surface area contributed by atoms with Crippen LogP contribution in [-0.4, -0.2) is 37.6 Å². The predicted molar refractivity (Wildman–Crippen MR) is 72.2 cm³/mol. The molecule has 0 unspecified atom stereocenters. The smallest absolute Gasteiger partial charge is 0.314 e. The molecule has 1 aliphatic rings. The second kappa shape index (κ2) is 6.24. The van der Waals surface area contributed by atoms with Gasteiger partial charge in [-0.1, -0.05) is 15.9 Å². The molecule has 1 saturated heterocycles. The van der Waals surface area contributed by atoms with Crippen LogP contribution < -0.4 is 5.32 Å². The van der Waals surface area contributed by atoms with Crippen molar-refractivity contribution in [2.24, 2.45) is 0 Å². The molecule has 0 saturated carbocycles. The summed E-state index contributed by atoms with van der Waals surface area (Å²) in [6.07, 6.45) is -3.64. The van der Waals surface area contributed by atoms with E-state index in [9.17, 15) is 13.2 Å². The van der Waals surface area contributed by atoms with Gasteiger partial charge in [-0.2, -0.15) is 13.2 Å². The number of alkyl halides is 3. The molecule has 2 nitrogen and oxygen atoms in total. The molecule has 0 amide bonds. The quantitative estimate of drug-likeness (QED) is 0.912. The predicted octanol–water partition coefficient (Wildman–Crippen LogP) is 2.92. The molecule has 1 fully saturated rings. The SMILES string of the molecule is FC(F)(F)c1cc(Br)cc(CCN2CCNCC2)c1. The molecule has 1 aromatic rings. The molecule has 0 atom stereocenters. The molecule has 19 heavy (non-hydrogen) atoms. The number of hydrogen-bond donors (Lipinski definition) is 1. The molecule has 0 aliphatic carbocycles. The first-order valence-electron chi connectivity index (χ1n) is 6.25. The van der Waals surface area contributed by atoms with Crippen molar-refractivity contribution in [3.05, 3.63) is 33.8 Å². The fourth-order valence-corrected chi connectivity index (χ4v) is 2.72. The van der Waals surface area contributed by atoms with E-state index in [1.165, 1.54) is 6.07 Å². The van der Waals surface area contributed by atoms with Gasteiger partial charge in [-0.05, 0) is 30.2 Å². The zero-order valence-electron chi connectivity index (χ0n) is 10.4. The third-order valence-corrected chi connectivity index (χ3v) is 3.67. The van der Waals surface area contributed by atoms with Gasteiger partial charge in [0, 0.05) is 37.2 Å². The Bertz CT molecular complexity index is 428. The van der Waals surface area contributed by atoms with E-state index >= 15 is 0 Å². The lowest BCUT2D eigenvalue weighted by Gasteiger charge is -2.27. The zero-order chi connectivity index (χ0) is 13.9. The van der Waals surface area contributed by atoms with Gasteiger partial charge in [0.15, 0.2) is 0 Å². The van der Waals surface area contributed by atoms with Gasteiger partial charge in [0.1, 0.15) is 0 Å². The number of nitrogens with zero attached hydrogens (tertiary/aromatic N) is 1. The lowest BCUT2D eigenvalue weighted by molar-refractivity contribution is -0.137. The summed E-state index contributed by atoms with van der Waals surface area (Å²) in [6, 6.07) is 4.12. The number of piperazine rings is 1. The second-order valence-electron chi connectivity index (χ2n) is 4.69. The monoisotopic (exact) mass is 336 g/mol. The van der Waals surface area contributed by atoms with Gasteiger partial charge in [-0.15, -0.1) is 0 Å². The molecule has 0 aromatic heterocycles.